The van der Waals surface area contributed by atoms with Gasteiger partial charge in [-0.05, 0) is 37.6 Å². The molecular formula is C23H21F2N5O3. The van der Waals surface area contributed by atoms with Gasteiger partial charge in [0.05, 0.1) is 11.6 Å². The summed E-state index contributed by atoms with van der Waals surface area (Å²) in [7, 11) is 0. The summed E-state index contributed by atoms with van der Waals surface area (Å²) in [4.78, 5) is 29.0. The molecular weight excluding hydrogens is 432 g/mol. The number of benzene rings is 1. The van der Waals surface area contributed by atoms with Gasteiger partial charge >= 0.3 is 5.97 Å². The predicted molar refractivity (Wildman–Crippen MR) is 118 cm³/mol. The van der Waals surface area contributed by atoms with E-state index in [4.69, 9.17) is 0 Å². The minimum atomic E-state index is -2.75. The number of nitriles is 1. The molecule has 1 aliphatic rings. The molecule has 0 bridgehead atoms. The van der Waals surface area contributed by atoms with Gasteiger partial charge < -0.3 is 15.7 Å². The van der Waals surface area contributed by atoms with Gasteiger partial charge in [-0.1, -0.05) is 12.1 Å². The molecule has 10 heteroatoms. The Hall–Kier alpha value is -4.00. The lowest BCUT2D eigenvalue weighted by molar-refractivity contribution is 0.0697. The zero-order valence-corrected chi connectivity index (χ0v) is 17.9. The quantitative estimate of drug-likeness (QED) is 0.498. The molecule has 1 saturated carbocycles. The third-order valence-electron chi connectivity index (χ3n) is 5.67. The van der Waals surface area contributed by atoms with Gasteiger partial charge in [0.25, 0.3) is 11.5 Å². The van der Waals surface area contributed by atoms with Crippen molar-refractivity contribution in [2.24, 2.45) is 5.92 Å². The zero-order chi connectivity index (χ0) is 23.9. The number of hydrogen-bond acceptors (Lipinski definition) is 6. The van der Waals surface area contributed by atoms with Crippen molar-refractivity contribution in [1.82, 2.24) is 9.38 Å². The number of aromatic nitrogens is 2. The molecule has 1 aliphatic carbocycles. The van der Waals surface area contributed by atoms with Crippen LogP contribution in [0.15, 0.2) is 41.3 Å². The number of rotatable bonds is 7. The van der Waals surface area contributed by atoms with Gasteiger partial charge in [-0.3, -0.25) is 9.20 Å². The van der Waals surface area contributed by atoms with Gasteiger partial charge in [0.2, 0.25) is 0 Å². The molecule has 8 nitrogen and oxygen atoms in total. The van der Waals surface area contributed by atoms with Crippen LogP contribution >= 0.6 is 0 Å². The molecule has 1 fully saturated rings. The van der Waals surface area contributed by atoms with E-state index in [1.807, 2.05) is 6.07 Å². The Bertz CT molecular complexity index is 1360. The summed E-state index contributed by atoms with van der Waals surface area (Å²) < 4.78 is 27.8. The number of hydrogen-bond donors (Lipinski definition) is 3. The van der Waals surface area contributed by atoms with E-state index in [-0.39, 0.29) is 35.6 Å². The number of nitrogens with zero attached hydrogens (tertiary/aromatic N) is 3. The normalized spacial score (nSPS) is 17.2. The summed E-state index contributed by atoms with van der Waals surface area (Å²) in [6, 6.07) is 9.58. The van der Waals surface area contributed by atoms with Crippen molar-refractivity contribution in [3.05, 3.63) is 69.1 Å². The molecule has 2 heterocycles. The van der Waals surface area contributed by atoms with Crippen molar-refractivity contribution in [3.8, 4) is 6.07 Å². The van der Waals surface area contributed by atoms with Gasteiger partial charge in [-0.15, -0.1) is 0 Å². The number of aromatic carboxylic acids is 1. The second kappa shape index (κ2) is 8.16. The van der Waals surface area contributed by atoms with Crippen molar-refractivity contribution >= 4 is 23.1 Å². The number of fused-ring (bicyclic) bond motifs is 1. The largest absolute Gasteiger partial charge is 0.478 e. The molecule has 0 radical (unpaired) electrons. The van der Waals surface area contributed by atoms with E-state index >= 15 is 0 Å². The van der Waals surface area contributed by atoms with Crippen LogP contribution in [0.3, 0.4) is 0 Å². The van der Waals surface area contributed by atoms with Crippen LogP contribution in [0.2, 0.25) is 0 Å². The third-order valence-corrected chi connectivity index (χ3v) is 5.67. The molecule has 4 rings (SSSR count). The topological polar surface area (TPSA) is 120 Å². The van der Waals surface area contributed by atoms with Crippen LogP contribution in [0, 0.1) is 24.2 Å². The lowest BCUT2D eigenvalue weighted by Crippen LogP contribution is -2.24. The summed E-state index contributed by atoms with van der Waals surface area (Å²) in [5, 5.41) is 24.8. The first kappa shape index (κ1) is 22.2. The fourth-order valence-corrected chi connectivity index (χ4v) is 3.77. The number of carboxylic acids is 1. The van der Waals surface area contributed by atoms with E-state index in [1.165, 1.54) is 10.5 Å². The van der Waals surface area contributed by atoms with Crippen LogP contribution in [-0.2, 0) is 0 Å². The molecule has 170 valence electrons. The van der Waals surface area contributed by atoms with E-state index in [0.717, 1.165) is 5.56 Å². The van der Waals surface area contributed by atoms with Crippen LogP contribution in [0.1, 0.15) is 46.4 Å². The lowest BCUT2D eigenvalue weighted by Gasteiger charge is -2.20. The van der Waals surface area contributed by atoms with E-state index < -0.39 is 29.4 Å². The molecule has 2 aromatic heterocycles. The maximum Gasteiger partial charge on any atom is 0.337 e. The Kier molecular flexibility index (Phi) is 5.49. The number of carbonyl (C=O) groups is 1. The number of halogens is 2. The fraction of sp³-hybridized carbons (Fsp3) is 0.304. The summed E-state index contributed by atoms with van der Waals surface area (Å²) in [6.07, 6.45) is 1.30. The number of aryl methyl sites for hydroxylation is 1. The van der Waals surface area contributed by atoms with Gasteiger partial charge in [0.15, 0.2) is 11.4 Å². The predicted octanol–water partition coefficient (Wildman–Crippen LogP) is 3.81. The number of pyridine rings is 1. The van der Waals surface area contributed by atoms with Gasteiger partial charge in [-0.2, -0.15) is 5.26 Å². The smallest absolute Gasteiger partial charge is 0.337 e. The molecule has 3 N–H and O–H groups in total. The Balaban J connectivity index is 1.77. The van der Waals surface area contributed by atoms with Gasteiger partial charge in [-0.25, -0.2) is 18.6 Å². The number of alkyl halides is 2. The molecule has 3 aromatic rings. The molecule has 2 atom stereocenters. The number of anilines is 2. The Morgan fingerprint density at radius 3 is 2.76 bits per heavy atom. The second-order valence-electron chi connectivity index (χ2n) is 8.18. The molecule has 1 aromatic carbocycles. The zero-order valence-electron chi connectivity index (χ0n) is 17.9. The van der Waals surface area contributed by atoms with Crippen molar-refractivity contribution in [3.63, 3.8) is 0 Å². The van der Waals surface area contributed by atoms with Crippen LogP contribution in [0.4, 0.5) is 20.3 Å². The van der Waals surface area contributed by atoms with Crippen LogP contribution in [0.25, 0.3) is 5.65 Å². The van der Waals surface area contributed by atoms with Crippen molar-refractivity contribution in [1.29, 1.82) is 5.26 Å². The Morgan fingerprint density at radius 1 is 1.42 bits per heavy atom. The van der Waals surface area contributed by atoms with Crippen LogP contribution in [0.5, 0.6) is 0 Å². The second-order valence-corrected chi connectivity index (χ2v) is 8.18. The molecule has 1 unspecified atom stereocenters. The van der Waals surface area contributed by atoms with E-state index in [2.05, 4.69) is 15.6 Å². The van der Waals surface area contributed by atoms with Crippen molar-refractivity contribution in [2.75, 3.05) is 17.2 Å². The van der Waals surface area contributed by atoms with E-state index in [9.17, 15) is 28.7 Å². The first-order valence-electron chi connectivity index (χ1n) is 10.3. The SMILES string of the molecule is Cc1cc([C@@H](C)Nc2ccccc2C(=O)O)c2nc(NCC3CC3(F)F)c(C#N)c(=O)n2c1. The highest BCUT2D eigenvalue weighted by Crippen LogP contribution is 2.48. The third kappa shape index (κ3) is 4.22. The minimum Gasteiger partial charge on any atom is -0.478 e. The van der Waals surface area contributed by atoms with E-state index in [0.29, 0.717) is 11.3 Å². The Labute approximate surface area is 187 Å². The summed E-state index contributed by atoms with van der Waals surface area (Å²) in [6.45, 7) is 3.46. The van der Waals surface area contributed by atoms with Crippen LogP contribution < -0.4 is 16.2 Å². The number of carboxylic acid groups (broad SMARTS) is 1. The average Bonchev–Trinajstić information content (AvgIpc) is 3.38. The maximum atomic E-state index is 13.3. The highest BCUT2D eigenvalue weighted by molar-refractivity contribution is 5.94. The first-order valence-corrected chi connectivity index (χ1v) is 10.3. The lowest BCUT2D eigenvalue weighted by atomic mass is 10.1. The number of para-hydroxylation sites is 1. The van der Waals surface area contributed by atoms with Crippen LogP contribution in [-0.4, -0.2) is 32.9 Å². The number of nitrogens with one attached hydrogen (secondary N) is 2. The summed E-state index contributed by atoms with van der Waals surface area (Å²) >= 11 is 0. The van der Waals surface area contributed by atoms with Crippen molar-refractivity contribution in [2.45, 2.75) is 32.2 Å². The maximum absolute atomic E-state index is 13.3. The summed E-state index contributed by atoms with van der Waals surface area (Å²) in [5.41, 5.74) is 1.15. The molecule has 0 spiro atoms. The van der Waals surface area contributed by atoms with E-state index in [1.54, 1.807) is 44.3 Å². The minimum absolute atomic E-state index is 0.0477. The molecule has 33 heavy (non-hydrogen) atoms. The monoisotopic (exact) mass is 453 g/mol. The first-order chi connectivity index (χ1) is 15.6. The summed E-state index contributed by atoms with van der Waals surface area (Å²) in [5.74, 6) is -4.75. The highest BCUT2D eigenvalue weighted by atomic mass is 19.3. The van der Waals surface area contributed by atoms with Gasteiger partial charge in [0, 0.05) is 36.3 Å². The molecule has 0 aliphatic heterocycles. The molecule has 0 amide bonds. The molecule has 0 saturated heterocycles. The average molecular weight is 453 g/mol. The van der Waals surface area contributed by atoms with Gasteiger partial charge in [0.1, 0.15) is 11.7 Å². The highest BCUT2D eigenvalue weighted by Gasteiger charge is 2.56. The standard InChI is InChI=1S/C23H21F2N5O3/c1-12-7-16(13(2)28-18-6-4-3-5-15(18)22(32)33)20-29-19(27-10-14-8-23(14,24)25)17(9-26)21(31)30(20)11-12/h3-7,11,13-14,27-28H,8,10H2,1-2H3,(H,32,33)/t13-,14?/m1/s1. The fourth-order valence-electron chi connectivity index (χ4n) is 3.77. The Morgan fingerprint density at radius 2 is 2.12 bits per heavy atom. The van der Waals surface area contributed by atoms with Crippen molar-refractivity contribution < 1.29 is 18.7 Å².